The zero-order valence-electron chi connectivity index (χ0n) is 20.9. The van der Waals surface area contributed by atoms with Gasteiger partial charge in [-0.05, 0) is 98.8 Å². The Balaban J connectivity index is 1.35. The van der Waals surface area contributed by atoms with E-state index in [0.717, 1.165) is 73.1 Å². The molecule has 2 N–H and O–H groups in total. The molecule has 1 aliphatic heterocycles. The van der Waals surface area contributed by atoms with Crippen molar-refractivity contribution in [3.63, 3.8) is 0 Å². The standard InChI is InChI=1S/C28H36N4O4/c1-36-23-6-7-26-25(15-23)24(10-12-31-26)27(33)8-4-21-11-14-32(18-22(21)5-9-28(34)35)13-2-3-20-16-29-19-30-17-20/h6-7,10,12,15-17,19,21-22,27,33H,2-5,8-9,11,13-14,18H2,1H3,(H,34,35)/t21?,22?,27-/m0/s1. The molecule has 1 saturated heterocycles. The molecule has 0 spiro atoms. The van der Waals surface area contributed by atoms with E-state index in [-0.39, 0.29) is 6.42 Å². The highest BCUT2D eigenvalue weighted by molar-refractivity contribution is 5.83. The topological polar surface area (TPSA) is 109 Å². The van der Waals surface area contributed by atoms with Crippen molar-refractivity contribution in [3.05, 3.63) is 60.3 Å². The van der Waals surface area contributed by atoms with E-state index in [2.05, 4.69) is 19.9 Å². The quantitative estimate of drug-likeness (QED) is 0.386. The van der Waals surface area contributed by atoms with E-state index in [1.807, 2.05) is 36.7 Å². The van der Waals surface area contributed by atoms with Crippen molar-refractivity contribution in [1.29, 1.82) is 0 Å². The van der Waals surface area contributed by atoms with Crippen molar-refractivity contribution >= 4 is 16.9 Å². The van der Waals surface area contributed by atoms with Gasteiger partial charge in [0.2, 0.25) is 0 Å². The van der Waals surface area contributed by atoms with Crippen LogP contribution >= 0.6 is 0 Å². The van der Waals surface area contributed by atoms with Gasteiger partial charge in [-0.25, -0.2) is 9.97 Å². The number of rotatable bonds is 12. The van der Waals surface area contributed by atoms with Gasteiger partial charge in [-0.3, -0.25) is 9.78 Å². The summed E-state index contributed by atoms with van der Waals surface area (Å²) in [5.74, 6) is 0.717. The van der Waals surface area contributed by atoms with Gasteiger partial charge >= 0.3 is 5.97 Å². The number of fused-ring (bicyclic) bond motifs is 1. The first-order valence-electron chi connectivity index (χ1n) is 12.8. The van der Waals surface area contributed by atoms with Crippen molar-refractivity contribution in [2.24, 2.45) is 11.8 Å². The van der Waals surface area contributed by atoms with Crippen LogP contribution in [0.15, 0.2) is 49.2 Å². The predicted molar refractivity (Wildman–Crippen MR) is 138 cm³/mol. The van der Waals surface area contributed by atoms with Crippen LogP contribution in [0.25, 0.3) is 10.9 Å². The molecule has 8 nitrogen and oxygen atoms in total. The number of hydrogen-bond acceptors (Lipinski definition) is 7. The van der Waals surface area contributed by atoms with Crippen molar-refractivity contribution in [1.82, 2.24) is 19.9 Å². The van der Waals surface area contributed by atoms with Gasteiger partial charge in [0.05, 0.1) is 18.7 Å². The average molecular weight is 493 g/mol. The molecule has 0 amide bonds. The van der Waals surface area contributed by atoms with Gasteiger partial charge in [0.25, 0.3) is 0 Å². The van der Waals surface area contributed by atoms with Crippen LogP contribution in [0.2, 0.25) is 0 Å². The highest BCUT2D eigenvalue weighted by atomic mass is 16.5. The lowest BCUT2D eigenvalue weighted by Gasteiger charge is -2.39. The number of carboxylic acids is 1. The zero-order valence-corrected chi connectivity index (χ0v) is 20.9. The van der Waals surface area contributed by atoms with Crippen LogP contribution in [-0.2, 0) is 11.2 Å². The Labute approximate surface area is 212 Å². The number of aryl methyl sites for hydroxylation is 1. The summed E-state index contributed by atoms with van der Waals surface area (Å²) in [6, 6.07) is 7.60. The minimum absolute atomic E-state index is 0.188. The predicted octanol–water partition coefficient (Wildman–Crippen LogP) is 4.28. The summed E-state index contributed by atoms with van der Waals surface area (Å²) in [6.07, 6.45) is 11.8. The van der Waals surface area contributed by atoms with Crippen molar-refractivity contribution < 1.29 is 19.7 Å². The first kappa shape index (κ1) is 26.0. The Bertz CT molecular complexity index is 1130. The molecule has 0 aliphatic carbocycles. The summed E-state index contributed by atoms with van der Waals surface area (Å²) in [7, 11) is 1.63. The van der Waals surface area contributed by atoms with E-state index < -0.39 is 12.1 Å². The van der Waals surface area contributed by atoms with Crippen LogP contribution in [0.1, 0.15) is 55.8 Å². The van der Waals surface area contributed by atoms with E-state index in [0.29, 0.717) is 24.7 Å². The minimum atomic E-state index is -0.743. The third-order valence-electron chi connectivity index (χ3n) is 7.41. The van der Waals surface area contributed by atoms with Gasteiger partial charge < -0.3 is 19.8 Å². The number of carbonyl (C=O) groups is 1. The Hall–Kier alpha value is -3.10. The highest BCUT2D eigenvalue weighted by Gasteiger charge is 2.30. The number of piperidine rings is 1. The fourth-order valence-corrected chi connectivity index (χ4v) is 5.43. The summed E-state index contributed by atoms with van der Waals surface area (Å²) in [5.41, 5.74) is 2.84. The van der Waals surface area contributed by atoms with Crippen LogP contribution in [0, 0.1) is 11.8 Å². The Morgan fingerprint density at radius 3 is 2.81 bits per heavy atom. The van der Waals surface area contributed by atoms with Crippen molar-refractivity contribution in [3.8, 4) is 5.75 Å². The number of ether oxygens (including phenoxy) is 1. The van der Waals surface area contributed by atoms with Crippen molar-refractivity contribution in [2.45, 2.75) is 51.0 Å². The lowest BCUT2D eigenvalue weighted by atomic mass is 9.79. The molecule has 2 unspecified atom stereocenters. The maximum Gasteiger partial charge on any atom is 0.303 e. The molecule has 3 atom stereocenters. The second-order valence-electron chi connectivity index (χ2n) is 9.77. The first-order valence-corrected chi connectivity index (χ1v) is 12.8. The molecule has 1 aromatic carbocycles. The number of hydrogen-bond donors (Lipinski definition) is 2. The Kier molecular flexibility index (Phi) is 9.19. The summed E-state index contributed by atoms with van der Waals surface area (Å²) in [4.78, 5) is 26.4. The normalized spacial score (nSPS) is 19.3. The zero-order chi connectivity index (χ0) is 25.3. The highest BCUT2D eigenvalue weighted by Crippen LogP contribution is 2.35. The van der Waals surface area contributed by atoms with Crippen LogP contribution in [0.5, 0.6) is 5.75 Å². The number of pyridine rings is 1. The molecule has 192 valence electrons. The van der Waals surface area contributed by atoms with E-state index in [1.54, 1.807) is 19.6 Å². The summed E-state index contributed by atoms with van der Waals surface area (Å²) < 4.78 is 5.37. The number of likely N-dealkylation sites (tertiary alicyclic amines) is 1. The second-order valence-corrected chi connectivity index (χ2v) is 9.77. The molecular formula is C28H36N4O4. The molecule has 36 heavy (non-hydrogen) atoms. The van der Waals surface area contributed by atoms with E-state index in [9.17, 15) is 15.0 Å². The minimum Gasteiger partial charge on any atom is -0.497 e. The number of nitrogens with zero attached hydrogens (tertiary/aromatic N) is 4. The first-order chi connectivity index (χ1) is 17.5. The van der Waals surface area contributed by atoms with Gasteiger partial charge in [-0.2, -0.15) is 0 Å². The molecule has 3 heterocycles. The van der Waals surface area contributed by atoms with Crippen LogP contribution < -0.4 is 4.74 Å². The number of aliphatic carboxylic acids is 1. The smallest absolute Gasteiger partial charge is 0.303 e. The third-order valence-corrected chi connectivity index (χ3v) is 7.41. The Morgan fingerprint density at radius 2 is 2.03 bits per heavy atom. The van der Waals surface area contributed by atoms with Gasteiger partial charge in [-0.1, -0.05) is 0 Å². The molecule has 8 heteroatoms. The number of aliphatic hydroxyl groups is 1. The van der Waals surface area contributed by atoms with Crippen LogP contribution in [-0.4, -0.2) is 62.8 Å². The Morgan fingerprint density at radius 1 is 1.19 bits per heavy atom. The second kappa shape index (κ2) is 12.7. The van der Waals surface area contributed by atoms with Crippen molar-refractivity contribution in [2.75, 3.05) is 26.7 Å². The SMILES string of the molecule is COc1ccc2nccc([C@@H](O)CCC3CCN(CCCc4cncnc4)CC3CCC(=O)O)c2c1. The monoisotopic (exact) mass is 492 g/mol. The largest absolute Gasteiger partial charge is 0.497 e. The maximum absolute atomic E-state index is 11.3. The van der Waals surface area contributed by atoms with Gasteiger partial charge in [-0.15, -0.1) is 0 Å². The number of methoxy groups -OCH3 is 1. The fourth-order valence-electron chi connectivity index (χ4n) is 5.43. The molecular weight excluding hydrogens is 456 g/mol. The van der Waals surface area contributed by atoms with Gasteiger partial charge in [0.1, 0.15) is 12.1 Å². The van der Waals surface area contributed by atoms with Gasteiger partial charge in [0, 0.05) is 36.9 Å². The molecule has 4 rings (SSSR count). The van der Waals surface area contributed by atoms with E-state index in [1.165, 1.54) is 0 Å². The third kappa shape index (κ3) is 6.98. The molecule has 1 fully saturated rings. The number of benzene rings is 1. The summed E-state index contributed by atoms with van der Waals surface area (Å²) in [6.45, 7) is 2.90. The lowest BCUT2D eigenvalue weighted by molar-refractivity contribution is -0.137. The van der Waals surface area contributed by atoms with Crippen LogP contribution in [0.4, 0.5) is 0 Å². The number of aromatic nitrogens is 3. The molecule has 1 aliphatic rings. The lowest BCUT2D eigenvalue weighted by Crippen LogP contribution is -2.41. The molecule has 0 radical (unpaired) electrons. The van der Waals surface area contributed by atoms with E-state index >= 15 is 0 Å². The number of aliphatic hydroxyl groups excluding tert-OH is 1. The molecule has 2 aromatic heterocycles. The molecule has 3 aromatic rings. The fraction of sp³-hybridized carbons (Fsp3) is 0.500. The molecule has 0 bridgehead atoms. The van der Waals surface area contributed by atoms with Crippen LogP contribution in [0.3, 0.4) is 0 Å². The number of carboxylic acid groups (broad SMARTS) is 1. The van der Waals surface area contributed by atoms with Gasteiger partial charge in [0.15, 0.2) is 0 Å². The molecule has 0 saturated carbocycles. The average Bonchev–Trinajstić information content (AvgIpc) is 2.91. The summed E-state index contributed by atoms with van der Waals surface area (Å²) in [5, 5.41) is 21.3. The summed E-state index contributed by atoms with van der Waals surface area (Å²) >= 11 is 0. The van der Waals surface area contributed by atoms with E-state index in [4.69, 9.17) is 4.74 Å². The maximum atomic E-state index is 11.3.